The molecule has 1 atom stereocenters. The number of esters is 1. The number of hydrogen-bond acceptors (Lipinski definition) is 7. The van der Waals surface area contributed by atoms with Crippen molar-refractivity contribution in [3.8, 4) is 11.5 Å². The number of pyridine rings is 1. The zero-order chi connectivity index (χ0) is 18.5. The number of rotatable bonds is 5. The highest BCUT2D eigenvalue weighted by Crippen LogP contribution is 2.37. The van der Waals surface area contributed by atoms with Crippen LogP contribution in [0.5, 0.6) is 11.5 Å². The predicted octanol–water partition coefficient (Wildman–Crippen LogP) is 3.14. The van der Waals surface area contributed by atoms with E-state index < -0.39 is 5.97 Å². The van der Waals surface area contributed by atoms with Gasteiger partial charge in [-0.25, -0.2) is 4.79 Å². The molecule has 1 aromatic carbocycles. The van der Waals surface area contributed by atoms with Crippen molar-refractivity contribution in [3.63, 3.8) is 0 Å². The molecule has 0 N–H and O–H groups in total. The molecule has 26 heavy (non-hydrogen) atoms. The lowest BCUT2D eigenvalue weighted by molar-refractivity contribution is 0.0600. The maximum absolute atomic E-state index is 11.6. The number of benzene rings is 1. The van der Waals surface area contributed by atoms with Crippen LogP contribution in [0.3, 0.4) is 0 Å². The minimum absolute atomic E-state index is 0.347. The number of ether oxygens (including phenoxy) is 3. The summed E-state index contributed by atoms with van der Waals surface area (Å²) in [6, 6.07) is 8.98. The Bertz CT molecular complexity index is 817. The highest BCUT2D eigenvalue weighted by molar-refractivity contribution is 6.04. The molecular weight excluding hydrogens is 336 g/mol. The Labute approximate surface area is 151 Å². The summed E-state index contributed by atoms with van der Waals surface area (Å²) in [7, 11) is 2.94. The Balaban J connectivity index is 1.92. The number of fused-ring (bicyclic) bond motifs is 1. The predicted molar refractivity (Wildman–Crippen MR) is 94.7 cm³/mol. The summed E-state index contributed by atoms with van der Waals surface area (Å²) in [6.45, 7) is 2.36. The summed E-state index contributed by atoms with van der Waals surface area (Å²) in [5.41, 5.74) is 2.72. The van der Waals surface area contributed by atoms with Crippen LogP contribution in [0.2, 0.25) is 0 Å². The van der Waals surface area contributed by atoms with E-state index in [1.165, 1.54) is 13.3 Å². The standard InChI is InChI=1S/C19H20N2O5/c1-4-25-21-16-10-18(15-8-5-12(11-20-15)19(22)24-3)26-17-9-13(23-2)6-7-14(16)17/h5-9,11,18H,4,10H2,1-3H3. The summed E-state index contributed by atoms with van der Waals surface area (Å²) in [4.78, 5) is 21.2. The van der Waals surface area contributed by atoms with E-state index in [-0.39, 0.29) is 6.10 Å². The Morgan fingerprint density at radius 2 is 2.15 bits per heavy atom. The molecule has 3 rings (SSSR count). The van der Waals surface area contributed by atoms with E-state index >= 15 is 0 Å². The van der Waals surface area contributed by atoms with E-state index in [1.807, 2.05) is 25.1 Å². The van der Waals surface area contributed by atoms with Crippen molar-refractivity contribution in [1.82, 2.24) is 4.98 Å². The van der Waals surface area contributed by atoms with Gasteiger partial charge in [0, 0.05) is 24.2 Å². The molecule has 1 aromatic heterocycles. The fourth-order valence-electron chi connectivity index (χ4n) is 2.67. The van der Waals surface area contributed by atoms with Crippen LogP contribution in [0.25, 0.3) is 0 Å². The Kier molecular flexibility index (Phi) is 5.36. The Hall–Kier alpha value is -3.09. The fraction of sp³-hybridized carbons (Fsp3) is 0.316. The molecule has 0 fully saturated rings. The van der Waals surface area contributed by atoms with Gasteiger partial charge in [0.25, 0.3) is 0 Å². The van der Waals surface area contributed by atoms with Crippen LogP contribution in [-0.4, -0.2) is 37.5 Å². The van der Waals surface area contributed by atoms with Gasteiger partial charge in [0.05, 0.1) is 31.2 Å². The SMILES string of the molecule is CCON=C1CC(c2ccc(C(=O)OC)cn2)Oc2cc(OC)ccc21. The molecule has 0 saturated carbocycles. The lowest BCUT2D eigenvalue weighted by atomic mass is 9.97. The lowest BCUT2D eigenvalue weighted by Gasteiger charge is -2.27. The molecule has 2 heterocycles. The third kappa shape index (κ3) is 3.61. The van der Waals surface area contributed by atoms with Gasteiger partial charge in [0.15, 0.2) is 0 Å². The average Bonchev–Trinajstić information content (AvgIpc) is 2.70. The van der Waals surface area contributed by atoms with Gasteiger partial charge >= 0.3 is 5.97 Å². The van der Waals surface area contributed by atoms with Gasteiger partial charge in [-0.2, -0.15) is 0 Å². The average molecular weight is 356 g/mol. The van der Waals surface area contributed by atoms with E-state index in [1.54, 1.807) is 19.2 Å². The second-order valence-electron chi connectivity index (χ2n) is 5.59. The van der Waals surface area contributed by atoms with Crippen molar-refractivity contribution >= 4 is 11.7 Å². The topological polar surface area (TPSA) is 79.2 Å². The minimum Gasteiger partial charge on any atom is -0.497 e. The second-order valence-corrected chi connectivity index (χ2v) is 5.59. The van der Waals surface area contributed by atoms with E-state index in [4.69, 9.17) is 19.0 Å². The van der Waals surface area contributed by atoms with Gasteiger partial charge in [0.2, 0.25) is 0 Å². The number of nitrogens with zero attached hydrogens (tertiary/aromatic N) is 2. The third-order valence-corrected chi connectivity index (χ3v) is 3.99. The van der Waals surface area contributed by atoms with Gasteiger partial charge in [-0.15, -0.1) is 0 Å². The third-order valence-electron chi connectivity index (χ3n) is 3.99. The van der Waals surface area contributed by atoms with E-state index in [2.05, 4.69) is 10.1 Å². The van der Waals surface area contributed by atoms with Crippen LogP contribution in [-0.2, 0) is 9.57 Å². The molecular formula is C19H20N2O5. The van der Waals surface area contributed by atoms with E-state index in [9.17, 15) is 4.79 Å². The first-order valence-corrected chi connectivity index (χ1v) is 8.24. The van der Waals surface area contributed by atoms with Crippen molar-refractivity contribution in [1.29, 1.82) is 0 Å². The molecule has 136 valence electrons. The monoisotopic (exact) mass is 356 g/mol. The van der Waals surface area contributed by atoms with Crippen LogP contribution < -0.4 is 9.47 Å². The molecule has 0 saturated heterocycles. The molecule has 7 nitrogen and oxygen atoms in total. The zero-order valence-electron chi connectivity index (χ0n) is 14.9. The summed E-state index contributed by atoms with van der Waals surface area (Å²) in [5.74, 6) is 0.911. The van der Waals surface area contributed by atoms with Crippen LogP contribution in [0.15, 0.2) is 41.7 Å². The maximum atomic E-state index is 11.6. The normalized spacial score (nSPS) is 17.2. The van der Waals surface area contributed by atoms with Crippen LogP contribution in [0.1, 0.15) is 41.1 Å². The van der Waals surface area contributed by atoms with E-state index in [0.29, 0.717) is 35.8 Å². The molecule has 0 spiro atoms. The van der Waals surface area contributed by atoms with Gasteiger partial charge in [0.1, 0.15) is 24.2 Å². The first kappa shape index (κ1) is 17.7. The summed E-state index contributed by atoms with van der Waals surface area (Å²) in [5, 5.41) is 4.23. The molecule has 1 aliphatic rings. The van der Waals surface area contributed by atoms with Gasteiger partial charge in [-0.3, -0.25) is 4.98 Å². The van der Waals surface area contributed by atoms with Crippen molar-refractivity contribution < 1.29 is 23.8 Å². The molecule has 0 bridgehead atoms. The molecule has 0 aliphatic carbocycles. The number of hydrogen-bond donors (Lipinski definition) is 0. The van der Waals surface area contributed by atoms with Crippen molar-refractivity contribution in [2.75, 3.05) is 20.8 Å². The van der Waals surface area contributed by atoms with Crippen LogP contribution >= 0.6 is 0 Å². The number of aromatic nitrogens is 1. The van der Waals surface area contributed by atoms with Crippen LogP contribution in [0.4, 0.5) is 0 Å². The lowest BCUT2D eigenvalue weighted by Crippen LogP contribution is -2.22. The Morgan fingerprint density at radius 3 is 2.81 bits per heavy atom. The minimum atomic E-state index is -0.428. The molecule has 0 radical (unpaired) electrons. The van der Waals surface area contributed by atoms with Crippen molar-refractivity contribution in [2.24, 2.45) is 5.16 Å². The summed E-state index contributed by atoms with van der Waals surface area (Å²) >= 11 is 0. The van der Waals surface area contributed by atoms with Gasteiger partial charge in [-0.05, 0) is 31.2 Å². The first-order chi connectivity index (χ1) is 12.7. The maximum Gasteiger partial charge on any atom is 0.339 e. The number of methoxy groups -OCH3 is 2. The van der Waals surface area contributed by atoms with Crippen molar-refractivity contribution in [2.45, 2.75) is 19.4 Å². The highest BCUT2D eigenvalue weighted by Gasteiger charge is 2.28. The number of oxime groups is 1. The molecule has 2 aromatic rings. The summed E-state index contributed by atoms with van der Waals surface area (Å²) in [6.07, 6.45) is 1.63. The molecule has 1 aliphatic heterocycles. The molecule has 0 amide bonds. The van der Waals surface area contributed by atoms with E-state index in [0.717, 1.165) is 11.3 Å². The zero-order valence-corrected chi connectivity index (χ0v) is 14.9. The number of carbonyl (C=O) groups excluding carboxylic acids is 1. The smallest absolute Gasteiger partial charge is 0.339 e. The largest absolute Gasteiger partial charge is 0.497 e. The fourth-order valence-corrected chi connectivity index (χ4v) is 2.67. The van der Waals surface area contributed by atoms with Crippen LogP contribution in [0, 0.1) is 0 Å². The first-order valence-electron chi connectivity index (χ1n) is 8.24. The molecule has 7 heteroatoms. The summed E-state index contributed by atoms with van der Waals surface area (Å²) < 4.78 is 16.1. The molecule has 1 unspecified atom stereocenters. The number of carbonyl (C=O) groups is 1. The highest BCUT2D eigenvalue weighted by atomic mass is 16.6. The quantitative estimate of drug-likeness (QED) is 0.605. The Morgan fingerprint density at radius 1 is 1.31 bits per heavy atom. The van der Waals surface area contributed by atoms with Gasteiger partial charge < -0.3 is 19.0 Å². The second kappa shape index (κ2) is 7.86. The van der Waals surface area contributed by atoms with Crippen molar-refractivity contribution in [3.05, 3.63) is 53.3 Å². The van der Waals surface area contributed by atoms with Gasteiger partial charge in [-0.1, -0.05) is 5.16 Å².